The molecule has 8 heteroatoms. The molecule has 1 aromatic heterocycles. The van der Waals surface area contributed by atoms with Crippen LogP contribution in [0.25, 0.3) is 10.2 Å². The van der Waals surface area contributed by atoms with E-state index < -0.39 is 17.8 Å². The Morgan fingerprint density at radius 1 is 0.964 bits per heavy atom. The minimum absolute atomic E-state index is 0.0702. The second-order valence-electron chi connectivity index (χ2n) is 7.44. The van der Waals surface area contributed by atoms with E-state index in [4.69, 9.17) is 0 Å². The Morgan fingerprint density at radius 3 is 2.29 bits per heavy atom. The summed E-state index contributed by atoms with van der Waals surface area (Å²) in [4.78, 5) is 45.0. The highest BCUT2D eigenvalue weighted by atomic mass is 32.1. The normalized spacial score (nSPS) is 23.0. The lowest BCUT2D eigenvalue weighted by molar-refractivity contribution is -0.152. The predicted molar refractivity (Wildman–Crippen MR) is 105 cm³/mol. The van der Waals surface area contributed by atoms with Gasteiger partial charge in [0.2, 0.25) is 5.91 Å². The van der Waals surface area contributed by atoms with Crippen LogP contribution in [0.3, 0.4) is 0 Å². The zero-order valence-corrected chi connectivity index (χ0v) is 16.4. The fourth-order valence-corrected chi connectivity index (χ4v) is 5.12. The van der Waals surface area contributed by atoms with Gasteiger partial charge >= 0.3 is 5.97 Å². The Labute approximate surface area is 167 Å². The van der Waals surface area contributed by atoms with Crippen molar-refractivity contribution in [1.82, 2.24) is 14.8 Å². The highest BCUT2D eigenvalue weighted by Gasteiger charge is 2.39. The van der Waals surface area contributed by atoms with E-state index in [1.54, 1.807) is 9.80 Å². The molecule has 7 nitrogen and oxygen atoms in total. The maximum atomic E-state index is 12.9. The van der Waals surface area contributed by atoms with Gasteiger partial charge in [0.25, 0.3) is 5.91 Å². The van der Waals surface area contributed by atoms with Crippen LogP contribution in [0, 0.1) is 11.8 Å². The van der Waals surface area contributed by atoms with Gasteiger partial charge in [-0.15, -0.1) is 11.3 Å². The van der Waals surface area contributed by atoms with Crippen molar-refractivity contribution in [3.63, 3.8) is 0 Å². The van der Waals surface area contributed by atoms with Gasteiger partial charge in [0.1, 0.15) is 0 Å². The van der Waals surface area contributed by atoms with Gasteiger partial charge in [0.15, 0.2) is 5.01 Å². The number of fused-ring (bicyclic) bond motifs is 1. The van der Waals surface area contributed by atoms with Crippen LogP contribution in [0.1, 0.15) is 35.5 Å². The number of nitrogens with zero attached hydrogens (tertiary/aromatic N) is 3. The van der Waals surface area contributed by atoms with Crippen molar-refractivity contribution in [3.8, 4) is 0 Å². The van der Waals surface area contributed by atoms with Crippen molar-refractivity contribution in [3.05, 3.63) is 29.3 Å². The summed E-state index contributed by atoms with van der Waals surface area (Å²) in [7, 11) is 0. The summed E-state index contributed by atoms with van der Waals surface area (Å²) in [5.41, 5.74) is 0.821. The molecule has 2 aliphatic rings. The highest BCUT2D eigenvalue weighted by Crippen LogP contribution is 2.32. The van der Waals surface area contributed by atoms with Crippen LogP contribution in [0.2, 0.25) is 0 Å². The predicted octanol–water partition coefficient (Wildman–Crippen LogP) is 2.47. The summed E-state index contributed by atoms with van der Waals surface area (Å²) in [6, 6.07) is 7.66. The lowest BCUT2D eigenvalue weighted by Gasteiger charge is -2.38. The van der Waals surface area contributed by atoms with E-state index in [-0.39, 0.29) is 11.8 Å². The topological polar surface area (TPSA) is 90.8 Å². The zero-order valence-electron chi connectivity index (χ0n) is 15.5. The molecule has 2 amide bonds. The van der Waals surface area contributed by atoms with Crippen molar-refractivity contribution in [2.24, 2.45) is 11.8 Å². The molecule has 1 saturated carbocycles. The molecule has 1 aliphatic heterocycles. The summed E-state index contributed by atoms with van der Waals surface area (Å²) in [5.74, 6) is -2.06. The Morgan fingerprint density at radius 2 is 1.61 bits per heavy atom. The number of carbonyl (C=O) groups excluding carboxylic acids is 2. The number of hydrogen-bond acceptors (Lipinski definition) is 5. The molecule has 0 radical (unpaired) electrons. The second-order valence-corrected chi connectivity index (χ2v) is 8.47. The van der Waals surface area contributed by atoms with Gasteiger partial charge in [0.05, 0.1) is 22.1 Å². The lowest BCUT2D eigenvalue weighted by atomic mass is 9.78. The summed E-state index contributed by atoms with van der Waals surface area (Å²) in [6.45, 7) is 1.78. The molecule has 2 aromatic rings. The van der Waals surface area contributed by atoms with Crippen molar-refractivity contribution < 1.29 is 19.5 Å². The van der Waals surface area contributed by atoms with Gasteiger partial charge < -0.3 is 14.9 Å². The van der Waals surface area contributed by atoms with E-state index >= 15 is 0 Å². The van der Waals surface area contributed by atoms with E-state index in [9.17, 15) is 19.5 Å². The number of piperazine rings is 1. The SMILES string of the molecule is O=C(O)[C@H]1CCCC[C@H]1C(=O)N1CCN(C(=O)c2nc3ccccc3s2)CC1. The summed E-state index contributed by atoms with van der Waals surface area (Å²) in [6.07, 6.45) is 2.98. The highest BCUT2D eigenvalue weighted by molar-refractivity contribution is 7.20. The molecule has 4 rings (SSSR count). The summed E-state index contributed by atoms with van der Waals surface area (Å²) in [5, 5.41) is 9.90. The molecule has 2 heterocycles. The van der Waals surface area contributed by atoms with Gasteiger partial charge in [-0.2, -0.15) is 0 Å². The quantitative estimate of drug-likeness (QED) is 0.853. The number of carboxylic acid groups (broad SMARTS) is 1. The third-order valence-electron chi connectivity index (χ3n) is 5.76. The van der Waals surface area contributed by atoms with Crippen molar-refractivity contribution in [1.29, 1.82) is 0 Å². The van der Waals surface area contributed by atoms with Crippen LogP contribution in [0.4, 0.5) is 0 Å². The fourth-order valence-electron chi connectivity index (χ4n) is 4.19. The summed E-state index contributed by atoms with van der Waals surface area (Å²) >= 11 is 1.38. The minimum Gasteiger partial charge on any atom is -0.481 e. The largest absolute Gasteiger partial charge is 0.481 e. The van der Waals surface area contributed by atoms with Crippen LogP contribution in [-0.4, -0.2) is 63.9 Å². The average Bonchev–Trinajstić information content (AvgIpc) is 3.17. The Hall–Kier alpha value is -2.48. The molecule has 1 saturated heterocycles. The molecule has 1 aliphatic carbocycles. The van der Waals surface area contributed by atoms with Gasteiger partial charge in [-0.05, 0) is 25.0 Å². The van der Waals surface area contributed by atoms with E-state index in [0.29, 0.717) is 44.0 Å². The van der Waals surface area contributed by atoms with Crippen molar-refractivity contribution in [2.45, 2.75) is 25.7 Å². The smallest absolute Gasteiger partial charge is 0.307 e. The lowest BCUT2D eigenvalue weighted by Crippen LogP contribution is -2.53. The number of thiazole rings is 1. The van der Waals surface area contributed by atoms with E-state index in [0.717, 1.165) is 23.1 Å². The van der Waals surface area contributed by atoms with Crippen LogP contribution >= 0.6 is 11.3 Å². The number of benzene rings is 1. The van der Waals surface area contributed by atoms with Crippen molar-refractivity contribution in [2.75, 3.05) is 26.2 Å². The number of carbonyl (C=O) groups is 3. The number of hydrogen-bond donors (Lipinski definition) is 1. The van der Waals surface area contributed by atoms with Crippen LogP contribution in [0.15, 0.2) is 24.3 Å². The number of rotatable bonds is 3. The maximum Gasteiger partial charge on any atom is 0.307 e. The molecular weight excluding hydrogens is 378 g/mol. The number of amides is 2. The molecule has 28 heavy (non-hydrogen) atoms. The molecular formula is C20H23N3O4S. The number of carboxylic acids is 1. The number of aromatic nitrogens is 1. The van der Waals surface area contributed by atoms with E-state index in [1.165, 1.54) is 11.3 Å². The molecule has 148 valence electrons. The zero-order chi connectivity index (χ0) is 19.7. The monoisotopic (exact) mass is 401 g/mol. The van der Waals surface area contributed by atoms with Gasteiger partial charge in [-0.3, -0.25) is 14.4 Å². The van der Waals surface area contributed by atoms with Gasteiger partial charge in [0, 0.05) is 26.2 Å². The van der Waals surface area contributed by atoms with E-state index in [2.05, 4.69) is 4.98 Å². The van der Waals surface area contributed by atoms with Crippen molar-refractivity contribution >= 4 is 39.3 Å². The fraction of sp³-hybridized carbons (Fsp3) is 0.500. The van der Waals surface area contributed by atoms with E-state index in [1.807, 2.05) is 24.3 Å². The summed E-state index contributed by atoms with van der Waals surface area (Å²) < 4.78 is 0.983. The first-order chi connectivity index (χ1) is 13.5. The third kappa shape index (κ3) is 3.61. The molecule has 0 unspecified atom stereocenters. The Bertz CT molecular complexity index is 871. The van der Waals surface area contributed by atoms with Crippen LogP contribution in [-0.2, 0) is 9.59 Å². The van der Waals surface area contributed by atoms with Crippen LogP contribution < -0.4 is 0 Å². The molecule has 2 atom stereocenters. The molecule has 1 N–H and O–H groups in total. The third-order valence-corrected chi connectivity index (χ3v) is 6.78. The second kappa shape index (κ2) is 7.87. The number of para-hydroxylation sites is 1. The number of aliphatic carboxylic acids is 1. The Kier molecular flexibility index (Phi) is 5.30. The van der Waals surface area contributed by atoms with Crippen LogP contribution in [0.5, 0.6) is 0 Å². The Balaban J connectivity index is 1.39. The molecule has 1 aromatic carbocycles. The average molecular weight is 401 g/mol. The molecule has 0 spiro atoms. The molecule has 2 fully saturated rings. The standard InChI is InChI=1S/C20H23N3O4S/c24-18(13-5-1-2-6-14(13)20(26)27)22-9-11-23(12-10-22)19(25)17-21-15-7-3-4-8-16(15)28-17/h3-4,7-8,13-14H,1-2,5-6,9-12H2,(H,26,27)/t13-,14+/m1/s1. The van der Waals surface area contributed by atoms with Gasteiger partial charge in [-0.1, -0.05) is 25.0 Å². The maximum absolute atomic E-state index is 12.9. The first-order valence-corrected chi connectivity index (χ1v) is 10.5. The van der Waals surface area contributed by atoms with Gasteiger partial charge in [-0.25, -0.2) is 4.98 Å². The first kappa shape index (κ1) is 18.9. The molecule has 0 bridgehead atoms. The minimum atomic E-state index is -0.873. The first-order valence-electron chi connectivity index (χ1n) is 9.71.